The Labute approximate surface area is 140 Å². The molecule has 0 radical (unpaired) electrons. The van der Waals surface area contributed by atoms with E-state index >= 15 is 0 Å². The van der Waals surface area contributed by atoms with E-state index in [-0.39, 0.29) is 5.56 Å². The van der Waals surface area contributed by atoms with Crippen molar-refractivity contribution in [3.63, 3.8) is 0 Å². The highest BCUT2D eigenvalue weighted by atomic mass is 16.5. The third-order valence-corrected chi connectivity index (χ3v) is 3.57. The molecule has 0 aliphatic rings. The lowest BCUT2D eigenvalue weighted by Gasteiger charge is -2.07. The van der Waals surface area contributed by atoms with Crippen molar-refractivity contribution >= 4 is 12.0 Å². The Kier molecular flexibility index (Phi) is 6.33. The first kappa shape index (κ1) is 17.5. The van der Waals surface area contributed by atoms with Gasteiger partial charge in [-0.3, -0.25) is 14.8 Å². The zero-order chi connectivity index (χ0) is 17.4. The van der Waals surface area contributed by atoms with E-state index < -0.39 is 5.91 Å². The molecule has 0 fully saturated rings. The third-order valence-electron chi connectivity index (χ3n) is 3.57. The molecule has 1 aromatic carbocycles. The first-order valence-corrected chi connectivity index (χ1v) is 7.58. The predicted molar refractivity (Wildman–Crippen MR) is 91.0 cm³/mol. The van der Waals surface area contributed by atoms with E-state index in [1.165, 1.54) is 11.6 Å². The van der Waals surface area contributed by atoms with Crippen LogP contribution >= 0.6 is 0 Å². The minimum atomic E-state index is -0.678. The molecule has 24 heavy (non-hydrogen) atoms. The number of pyridine rings is 1. The normalized spacial score (nSPS) is 10.8. The molecule has 126 valence electrons. The summed E-state index contributed by atoms with van der Waals surface area (Å²) in [6.07, 6.45) is 5.84. The van der Waals surface area contributed by atoms with E-state index in [1.54, 1.807) is 30.0 Å². The highest BCUT2D eigenvalue weighted by Gasteiger charge is 2.02. The second-order valence-corrected chi connectivity index (χ2v) is 5.23. The molecule has 0 atom stereocenters. The summed E-state index contributed by atoms with van der Waals surface area (Å²) in [5.74, 6) is 0.141. The third kappa shape index (κ3) is 4.82. The number of hydrogen-bond acceptors (Lipinski definition) is 4. The minimum Gasteiger partial charge on any atom is -0.497 e. The van der Waals surface area contributed by atoms with Gasteiger partial charge in [0.1, 0.15) is 5.75 Å². The Bertz CT molecular complexity index is 781. The Morgan fingerprint density at radius 3 is 2.92 bits per heavy atom. The molecule has 1 heterocycles. The van der Waals surface area contributed by atoms with Gasteiger partial charge >= 0.3 is 0 Å². The molecular formula is C18H20N2O4. The van der Waals surface area contributed by atoms with E-state index in [0.717, 1.165) is 30.2 Å². The van der Waals surface area contributed by atoms with Crippen LogP contribution in [-0.2, 0) is 17.8 Å². The van der Waals surface area contributed by atoms with Crippen molar-refractivity contribution in [1.29, 1.82) is 0 Å². The lowest BCUT2D eigenvalue weighted by Crippen LogP contribution is -2.22. The van der Waals surface area contributed by atoms with Crippen molar-refractivity contribution in [3.8, 4) is 5.75 Å². The molecule has 2 aromatic rings. The lowest BCUT2D eigenvalue weighted by molar-refractivity contribution is -0.124. The fourth-order valence-electron chi connectivity index (χ4n) is 2.34. The van der Waals surface area contributed by atoms with E-state index in [0.29, 0.717) is 12.1 Å². The van der Waals surface area contributed by atoms with Crippen LogP contribution in [0.25, 0.3) is 6.08 Å². The number of amides is 1. The zero-order valence-electron chi connectivity index (χ0n) is 13.4. The molecule has 0 unspecified atom stereocenters. The number of methoxy groups -OCH3 is 1. The van der Waals surface area contributed by atoms with Crippen LogP contribution in [-0.4, -0.2) is 22.8 Å². The van der Waals surface area contributed by atoms with E-state index in [2.05, 4.69) is 0 Å². The van der Waals surface area contributed by atoms with Gasteiger partial charge < -0.3 is 9.30 Å². The van der Waals surface area contributed by atoms with Crippen molar-refractivity contribution in [3.05, 3.63) is 70.2 Å². The topological polar surface area (TPSA) is 80.6 Å². The summed E-state index contributed by atoms with van der Waals surface area (Å²) in [7, 11) is 1.63. The van der Waals surface area contributed by atoms with Gasteiger partial charge in [-0.05, 0) is 48.7 Å². The Morgan fingerprint density at radius 1 is 1.33 bits per heavy atom. The largest absolute Gasteiger partial charge is 0.497 e. The summed E-state index contributed by atoms with van der Waals surface area (Å²) >= 11 is 0. The summed E-state index contributed by atoms with van der Waals surface area (Å²) in [4.78, 5) is 23.3. The number of nitrogens with one attached hydrogen (secondary N) is 1. The standard InChI is InChI=1S/C18H20N2O4/c1-24-16-8-2-5-14(13-16)6-3-11-20-12-4-7-15(18(20)22)9-10-17(21)19-23/h2,4-5,7-10,12-13,23H,3,6,11H2,1H3,(H,19,21)/b10-9+. The molecular weight excluding hydrogens is 308 g/mol. The van der Waals surface area contributed by atoms with E-state index in [1.807, 2.05) is 24.3 Å². The number of aryl methyl sites for hydroxylation is 2. The van der Waals surface area contributed by atoms with Gasteiger partial charge in [-0.1, -0.05) is 12.1 Å². The summed E-state index contributed by atoms with van der Waals surface area (Å²) in [6, 6.07) is 11.2. The summed E-state index contributed by atoms with van der Waals surface area (Å²) < 4.78 is 6.80. The molecule has 1 amide bonds. The number of rotatable bonds is 7. The van der Waals surface area contributed by atoms with Gasteiger partial charge in [-0.15, -0.1) is 0 Å². The fourth-order valence-corrected chi connectivity index (χ4v) is 2.34. The number of carbonyl (C=O) groups excluding carboxylic acids is 1. The summed E-state index contributed by atoms with van der Waals surface area (Å²) in [5, 5.41) is 8.46. The molecule has 0 spiro atoms. The van der Waals surface area contributed by atoms with Crippen molar-refractivity contribution < 1.29 is 14.7 Å². The van der Waals surface area contributed by atoms with Crippen molar-refractivity contribution in [2.75, 3.05) is 7.11 Å². The van der Waals surface area contributed by atoms with E-state index in [9.17, 15) is 9.59 Å². The second-order valence-electron chi connectivity index (χ2n) is 5.23. The predicted octanol–water partition coefficient (Wildman–Crippen LogP) is 2.01. The molecule has 0 bridgehead atoms. The van der Waals surface area contributed by atoms with Crippen LogP contribution in [0, 0.1) is 0 Å². The van der Waals surface area contributed by atoms with Crippen LogP contribution in [0.3, 0.4) is 0 Å². The monoisotopic (exact) mass is 328 g/mol. The number of benzene rings is 1. The Hall–Kier alpha value is -2.86. The molecule has 2 N–H and O–H groups in total. The van der Waals surface area contributed by atoms with Crippen LogP contribution < -0.4 is 15.8 Å². The average molecular weight is 328 g/mol. The van der Waals surface area contributed by atoms with Gasteiger partial charge in [-0.25, -0.2) is 5.48 Å². The molecule has 0 aliphatic carbocycles. The Balaban J connectivity index is 2.01. The maximum Gasteiger partial charge on any atom is 0.267 e. The van der Waals surface area contributed by atoms with Crippen LogP contribution in [0.2, 0.25) is 0 Å². The molecule has 0 saturated heterocycles. The van der Waals surface area contributed by atoms with E-state index in [4.69, 9.17) is 9.94 Å². The van der Waals surface area contributed by atoms with Crippen LogP contribution in [0.4, 0.5) is 0 Å². The van der Waals surface area contributed by atoms with Crippen LogP contribution in [0.5, 0.6) is 5.75 Å². The molecule has 6 heteroatoms. The van der Waals surface area contributed by atoms with Gasteiger partial charge in [0.25, 0.3) is 11.5 Å². The van der Waals surface area contributed by atoms with Crippen LogP contribution in [0.1, 0.15) is 17.5 Å². The zero-order valence-corrected chi connectivity index (χ0v) is 13.4. The summed E-state index contributed by atoms with van der Waals surface area (Å²) in [5.41, 5.74) is 2.85. The maximum absolute atomic E-state index is 12.3. The number of nitrogens with zero attached hydrogens (tertiary/aromatic N) is 1. The number of carbonyl (C=O) groups is 1. The van der Waals surface area contributed by atoms with Crippen molar-refractivity contribution in [1.82, 2.24) is 10.0 Å². The van der Waals surface area contributed by atoms with Gasteiger partial charge in [-0.2, -0.15) is 0 Å². The Morgan fingerprint density at radius 2 is 2.17 bits per heavy atom. The number of hydroxylamine groups is 1. The van der Waals surface area contributed by atoms with Gasteiger partial charge in [0.15, 0.2) is 0 Å². The smallest absolute Gasteiger partial charge is 0.267 e. The molecule has 0 aliphatic heterocycles. The fraction of sp³-hybridized carbons (Fsp3) is 0.222. The van der Waals surface area contributed by atoms with Crippen molar-refractivity contribution in [2.24, 2.45) is 0 Å². The number of ether oxygens (including phenoxy) is 1. The number of hydrogen-bond donors (Lipinski definition) is 2. The minimum absolute atomic E-state index is 0.176. The average Bonchev–Trinajstić information content (AvgIpc) is 2.62. The SMILES string of the molecule is COc1cccc(CCCn2cccc(/C=C/C(=O)NO)c2=O)c1. The first-order chi connectivity index (χ1) is 11.6. The molecule has 2 rings (SSSR count). The molecule has 0 saturated carbocycles. The van der Waals surface area contributed by atoms with Gasteiger partial charge in [0.2, 0.25) is 0 Å². The lowest BCUT2D eigenvalue weighted by atomic mass is 10.1. The highest BCUT2D eigenvalue weighted by Crippen LogP contribution is 2.14. The second kappa shape index (κ2) is 8.69. The first-order valence-electron chi connectivity index (χ1n) is 7.58. The molecule has 1 aromatic heterocycles. The highest BCUT2D eigenvalue weighted by molar-refractivity contribution is 5.90. The number of aromatic nitrogens is 1. The quantitative estimate of drug-likeness (QED) is 0.463. The maximum atomic E-state index is 12.3. The summed E-state index contributed by atoms with van der Waals surface area (Å²) in [6.45, 7) is 0.573. The molecule has 6 nitrogen and oxygen atoms in total. The van der Waals surface area contributed by atoms with Crippen LogP contribution in [0.15, 0.2) is 53.5 Å². The van der Waals surface area contributed by atoms with Gasteiger partial charge in [0.05, 0.1) is 7.11 Å². The van der Waals surface area contributed by atoms with Crippen molar-refractivity contribution in [2.45, 2.75) is 19.4 Å². The van der Waals surface area contributed by atoms with Gasteiger partial charge in [0, 0.05) is 24.4 Å².